The Bertz CT molecular complexity index is 623. The molecule has 0 spiro atoms. The van der Waals surface area contributed by atoms with Crippen molar-refractivity contribution in [1.29, 1.82) is 0 Å². The minimum Gasteiger partial charge on any atom is -0.467 e. The van der Waals surface area contributed by atoms with Gasteiger partial charge in [-0.25, -0.2) is 4.98 Å². The quantitative estimate of drug-likeness (QED) is 0.785. The number of nitrogens with zero attached hydrogens (tertiary/aromatic N) is 2. The zero-order valence-electron chi connectivity index (χ0n) is 10.8. The van der Waals surface area contributed by atoms with E-state index < -0.39 is 5.72 Å². The second-order valence-electron chi connectivity index (χ2n) is 4.87. The van der Waals surface area contributed by atoms with E-state index >= 15 is 0 Å². The molecule has 19 heavy (non-hydrogen) atoms. The van der Waals surface area contributed by atoms with Gasteiger partial charge in [-0.05, 0) is 38.1 Å². The van der Waals surface area contributed by atoms with Crippen molar-refractivity contribution in [2.75, 3.05) is 4.90 Å². The largest absolute Gasteiger partial charge is 0.467 e. The Balaban J connectivity index is 2.13. The Morgan fingerprint density at radius 2 is 1.84 bits per heavy atom. The van der Waals surface area contributed by atoms with Gasteiger partial charge in [0.05, 0.1) is 5.56 Å². The summed E-state index contributed by atoms with van der Waals surface area (Å²) < 4.78 is 5.92. The summed E-state index contributed by atoms with van der Waals surface area (Å²) in [6, 6.07) is 12.7. The van der Waals surface area contributed by atoms with Crippen LogP contribution in [0.1, 0.15) is 24.2 Å². The first-order valence-corrected chi connectivity index (χ1v) is 6.13. The second kappa shape index (κ2) is 4.09. The van der Waals surface area contributed by atoms with Gasteiger partial charge in [-0.2, -0.15) is 0 Å². The average Bonchev–Trinajstić information content (AvgIpc) is 2.39. The van der Waals surface area contributed by atoms with E-state index in [4.69, 9.17) is 4.74 Å². The molecule has 0 saturated heterocycles. The number of rotatable bonds is 1. The number of amides is 1. The van der Waals surface area contributed by atoms with Gasteiger partial charge in [0.1, 0.15) is 11.6 Å². The first kappa shape index (κ1) is 11.7. The summed E-state index contributed by atoms with van der Waals surface area (Å²) in [5, 5.41) is 0. The number of benzene rings is 1. The minimum atomic E-state index is -0.764. The predicted octanol–water partition coefficient (Wildman–Crippen LogP) is 2.86. The summed E-state index contributed by atoms with van der Waals surface area (Å²) >= 11 is 0. The van der Waals surface area contributed by atoms with E-state index in [0.29, 0.717) is 17.1 Å². The SMILES string of the molecule is CC1(C)Oc2ccccc2C(=O)N1c1ccccn1. The standard InChI is InChI=1S/C15H14N2O2/c1-15(2)17(13-9-5-6-10-16-13)14(18)11-7-3-4-8-12(11)19-15/h3-10H,1-2H3. The Kier molecular flexibility index (Phi) is 2.52. The van der Waals surface area contributed by atoms with Gasteiger partial charge in [0, 0.05) is 6.20 Å². The zero-order chi connectivity index (χ0) is 13.5. The number of carbonyl (C=O) groups is 1. The van der Waals surface area contributed by atoms with E-state index in [-0.39, 0.29) is 5.91 Å². The fraction of sp³-hybridized carbons (Fsp3) is 0.200. The van der Waals surface area contributed by atoms with Gasteiger partial charge in [-0.15, -0.1) is 0 Å². The second-order valence-corrected chi connectivity index (χ2v) is 4.87. The summed E-state index contributed by atoms with van der Waals surface area (Å²) in [4.78, 5) is 18.5. The van der Waals surface area contributed by atoms with Gasteiger partial charge in [-0.3, -0.25) is 9.69 Å². The van der Waals surface area contributed by atoms with Gasteiger partial charge in [0.2, 0.25) is 0 Å². The highest BCUT2D eigenvalue weighted by Crippen LogP contribution is 2.35. The Hall–Kier alpha value is -2.36. The van der Waals surface area contributed by atoms with E-state index in [2.05, 4.69) is 4.98 Å². The van der Waals surface area contributed by atoms with Crippen LogP contribution in [0, 0.1) is 0 Å². The van der Waals surface area contributed by atoms with Gasteiger partial charge in [-0.1, -0.05) is 18.2 Å². The molecule has 0 fully saturated rings. The molecule has 0 radical (unpaired) electrons. The lowest BCUT2D eigenvalue weighted by Gasteiger charge is -2.41. The molecule has 3 rings (SSSR count). The van der Waals surface area contributed by atoms with E-state index in [0.717, 1.165) is 0 Å². The third-order valence-electron chi connectivity index (χ3n) is 3.10. The van der Waals surface area contributed by atoms with Crippen LogP contribution >= 0.6 is 0 Å². The molecule has 4 heteroatoms. The van der Waals surface area contributed by atoms with Crippen molar-refractivity contribution in [3.05, 3.63) is 54.2 Å². The molecular formula is C15H14N2O2. The van der Waals surface area contributed by atoms with Crippen molar-refractivity contribution in [1.82, 2.24) is 4.98 Å². The molecule has 2 aromatic rings. The number of carbonyl (C=O) groups excluding carboxylic acids is 1. The number of hydrogen-bond donors (Lipinski definition) is 0. The molecule has 1 aliphatic rings. The van der Waals surface area contributed by atoms with E-state index in [1.165, 1.54) is 0 Å². The topological polar surface area (TPSA) is 42.4 Å². The van der Waals surface area contributed by atoms with Crippen molar-refractivity contribution in [3.63, 3.8) is 0 Å². The molecule has 0 bridgehead atoms. The maximum Gasteiger partial charge on any atom is 0.266 e. The molecule has 96 valence electrons. The van der Waals surface area contributed by atoms with Crippen LogP contribution in [-0.2, 0) is 0 Å². The average molecular weight is 254 g/mol. The molecule has 0 N–H and O–H groups in total. The number of anilines is 1. The van der Waals surface area contributed by atoms with E-state index in [1.807, 2.05) is 44.2 Å². The zero-order valence-corrected chi connectivity index (χ0v) is 10.8. The minimum absolute atomic E-state index is 0.0921. The van der Waals surface area contributed by atoms with E-state index in [1.54, 1.807) is 23.2 Å². The number of fused-ring (bicyclic) bond motifs is 1. The fourth-order valence-electron chi connectivity index (χ4n) is 2.28. The van der Waals surface area contributed by atoms with Crippen LogP contribution in [-0.4, -0.2) is 16.6 Å². The van der Waals surface area contributed by atoms with E-state index in [9.17, 15) is 4.79 Å². The monoisotopic (exact) mass is 254 g/mol. The van der Waals surface area contributed by atoms with Crippen LogP contribution in [0.4, 0.5) is 5.82 Å². The van der Waals surface area contributed by atoms with Gasteiger partial charge in [0.25, 0.3) is 5.91 Å². The fourth-order valence-corrected chi connectivity index (χ4v) is 2.28. The van der Waals surface area contributed by atoms with Crippen LogP contribution in [0.5, 0.6) is 5.75 Å². The van der Waals surface area contributed by atoms with Crippen molar-refractivity contribution in [2.45, 2.75) is 19.6 Å². The summed E-state index contributed by atoms with van der Waals surface area (Å²) in [5.74, 6) is 1.11. The van der Waals surface area contributed by atoms with Crippen LogP contribution in [0.25, 0.3) is 0 Å². The van der Waals surface area contributed by atoms with Gasteiger partial charge in [0.15, 0.2) is 5.72 Å². The molecule has 0 aliphatic carbocycles. The molecule has 2 heterocycles. The van der Waals surface area contributed by atoms with Crippen LogP contribution in [0.2, 0.25) is 0 Å². The maximum absolute atomic E-state index is 12.6. The van der Waals surface area contributed by atoms with Crippen LogP contribution < -0.4 is 9.64 Å². The van der Waals surface area contributed by atoms with Crippen molar-refractivity contribution in [3.8, 4) is 5.75 Å². The highest BCUT2D eigenvalue weighted by atomic mass is 16.5. The first-order chi connectivity index (χ1) is 9.09. The lowest BCUT2D eigenvalue weighted by molar-refractivity contribution is 0.0631. The Morgan fingerprint density at radius 1 is 1.11 bits per heavy atom. The van der Waals surface area contributed by atoms with Gasteiger partial charge >= 0.3 is 0 Å². The van der Waals surface area contributed by atoms with Crippen molar-refractivity contribution >= 4 is 11.7 Å². The number of para-hydroxylation sites is 1. The lowest BCUT2D eigenvalue weighted by atomic mass is 10.1. The third kappa shape index (κ3) is 1.85. The Morgan fingerprint density at radius 3 is 2.58 bits per heavy atom. The summed E-state index contributed by atoms with van der Waals surface area (Å²) in [6.45, 7) is 3.71. The third-order valence-corrected chi connectivity index (χ3v) is 3.10. The number of aromatic nitrogens is 1. The number of ether oxygens (including phenoxy) is 1. The smallest absolute Gasteiger partial charge is 0.266 e. The summed E-state index contributed by atoms with van der Waals surface area (Å²) in [6.07, 6.45) is 1.67. The maximum atomic E-state index is 12.6. The summed E-state index contributed by atoms with van der Waals surface area (Å²) in [5.41, 5.74) is -0.202. The van der Waals surface area contributed by atoms with Crippen LogP contribution in [0.15, 0.2) is 48.7 Å². The highest BCUT2D eigenvalue weighted by molar-refractivity contribution is 6.09. The molecule has 1 aromatic heterocycles. The molecule has 1 amide bonds. The molecule has 1 aliphatic heterocycles. The lowest BCUT2D eigenvalue weighted by Crippen LogP contribution is -2.55. The summed E-state index contributed by atoms with van der Waals surface area (Å²) in [7, 11) is 0. The molecular weight excluding hydrogens is 240 g/mol. The Labute approximate surface area is 111 Å². The normalized spacial score (nSPS) is 16.7. The highest BCUT2D eigenvalue weighted by Gasteiger charge is 2.41. The molecule has 0 unspecified atom stereocenters. The van der Waals surface area contributed by atoms with Crippen molar-refractivity contribution < 1.29 is 9.53 Å². The molecule has 0 saturated carbocycles. The van der Waals surface area contributed by atoms with Gasteiger partial charge < -0.3 is 4.74 Å². The number of hydrogen-bond acceptors (Lipinski definition) is 3. The molecule has 4 nitrogen and oxygen atoms in total. The molecule has 0 atom stereocenters. The predicted molar refractivity (Wildman–Crippen MR) is 72.2 cm³/mol. The molecule has 1 aromatic carbocycles. The van der Waals surface area contributed by atoms with Crippen LogP contribution in [0.3, 0.4) is 0 Å². The van der Waals surface area contributed by atoms with Crippen molar-refractivity contribution in [2.24, 2.45) is 0 Å². The first-order valence-electron chi connectivity index (χ1n) is 6.13. The number of pyridine rings is 1.